The van der Waals surface area contributed by atoms with Gasteiger partial charge in [-0.15, -0.1) is 0 Å². The highest BCUT2D eigenvalue weighted by Gasteiger charge is 2.27. The van der Waals surface area contributed by atoms with Crippen molar-refractivity contribution in [3.05, 3.63) is 71.5 Å². The number of carbonyl (C=O) groups excluding carboxylic acids is 1. The van der Waals surface area contributed by atoms with Crippen molar-refractivity contribution < 1.29 is 14.5 Å². The molecule has 1 amide bonds. The van der Waals surface area contributed by atoms with Gasteiger partial charge in [0.1, 0.15) is 0 Å². The Balaban J connectivity index is 1.52. The molecule has 0 saturated heterocycles. The van der Waals surface area contributed by atoms with Gasteiger partial charge in [-0.3, -0.25) is 4.79 Å². The minimum absolute atomic E-state index is 0.119. The normalized spacial score (nSPS) is 13.3. The molecule has 0 radical (unpaired) electrons. The topological polar surface area (TPSA) is 63.0 Å². The zero-order chi connectivity index (χ0) is 15.8. The van der Waals surface area contributed by atoms with Crippen LogP contribution in [0.1, 0.15) is 21.5 Å². The van der Waals surface area contributed by atoms with Gasteiger partial charge in [0.2, 0.25) is 0 Å². The Morgan fingerprint density at radius 3 is 2.96 bits per heavy atom. The molecule has 23 heavy (non-hydrogen) atoms. The van der Waals surface area contributed by atoms with Crippen molar-refractivity contribution in [2.24, 2.45) is 0 Å². The van der Waals surface area contributed by atoms with Crippen LogP contribution in [0.2, 0.25) is 0 Å². The molecule has 0 spiro atoms. The zero-order valence-electron chi connectivity index (χ0n) is 12.4. The van der Waals surface area contributed by atoms with E-state index in [1.165, 1.54) is 0 Å². The average molecular weight is 306 g/mol. The van der Waals surface area contributed by atoms with Crippen molar-refractivity contribution in [2.45, 2.75) is 13.2 Å². The Morgan fingerprint density at radius 2 is 2.09 bits per heavy atom. The summed E-state index contributed by atoms with van der Waals surface area (Å²) in [6.45, 7) is 0.833. The van der Waals surface area contributed by atoms with E-state index in [4.69, 9.17) is 4.65 Å². The minimum atomic E-state index is -0.866. The highest BCUT2D eigenvalue weighted by Crippen LogP contribution is 2.13. The molecule has 0 bridgehead atoms. The monoisotopic (exact) mass is 306 g/mol. The van der Waals surface area contributed by atoms with Crippen LogP contribution in [-0.4, -0.2) is 22.5 Å². The molecule has 2 N–H and O–H groups in total. The molecule has 1 aliphatic heterocycles. The number of pyridine rings is 1. The van der Waals surface area contributed by atoms with Gasteiger partial charge < -0.3 is 19.4 Å². The number of hydrogen-bond donors (Lipinski definition) is 2. The first-order valence-corrected chi connectivity index (χ1v) is 7.47. The van der Waals surface area contributed by atoms with Gasteiger partial charge in [0.05, 0.1) is 17.7 Å². The van der Waals surface area contributed by atoms with E-state index in [1.807, 2.05) is 59.3 Å². The molecular weight excluding hydrogens is 291 g/mol. The minimum Gasteiger partial charge on any atom is -0.423 e. The molecule has 3 heterocycles. The lowest BCUT2D eigenvalue weighted by molar-refractivity contribution is 0.0952. The number of fused-ring (bicyclic) bond motifs is 2. The predicted octanol–water partition coefficient (Wildman–Crippen LogP) is 1.09. The van der Waals surface area contributed by atoms with Crippen molar-refractivity contribution in [3.8, 4) is 0 Å². The molecule has 0 aliphatic carbocycles. The lowest BCUT2D eigenvalue weighted by Gasteiger charge is -2.08. The van der Waals surface area contributed by atoms with E-state index in [-0.39, 0.29) is 5.91 Å². The van der Waals surface area contributed by atoms with Crippen molar-refractivity contribution in [3.63, 3.8) is 0 Å². The Kier molecular flexibility index (Phi) is 3.40. The number of aromatic nitrogens is 1. The molecule has 0 atom stereocenters. The molecule has 0 unspecified atom stereocenters. The second-order valence-corrected chi connectivity index (χ2v) is 5.60. The van der Waals surface area contributed by atoms with Crippen molar-refractivity contribution in [2.75, 3.05) is 0 Å². The third-order valence-electron chi connectivity index (χ3n) is 4.14. The summed E-state index contributed by atoms with van der Waals surface area (Å²) in [5, 5.41) is 12.7. The van der Waals surface area contributed by atoms with Crippen molar-refractivity contribution in [1.82, 2.24) is 9.72 Å². The standard InChI is InChI=1S/C17H15BN2O3/c21-17(14-3-1-7-20-8-2-4-16(14)20)19-10-12-5-6-13-11-23-18(22)15(13)9-12/h1-9,22H,10-11H2,(H,19,21). The van der Waals surface area contributed by atoms with E-state index in [2.05, 4.69) is 5.32 Å². The Hall–Kier alpha value is -2.57. The summed E-state index contributed by atoms with van der Waals surface area (Å²) in [6, 6.07) is 13.2. The van der Waals surface area contributed by atoms with E-state index in [1.54, 1.807) is 0 Å². The Morgan fingerprint density at radius 1 is 1.26 bits per heavy atom. The third-order valence-corrected chi connectivity index (χ3v) is 4.14. The molecule has 3 aromatic rings. The fourth-order valence-corrected chi connectivity index (χ4v) is 2.91. The second-order valence-electron chi connectivity index (χ2n) is 5.60. The van der Waals surface area contributed by atoms with Gasteiger partial charge in [0, 0.05) is 18.9 Å². The maximum Gasteiger partial charge on any atom is 0.491 e. The van der Waals surface area contributed by atoms with Crippen LogP contribution in [0.25, 0.3) is 5.52 Å². The fraction of sp³-hybridized carbons (Fsp3) is 0.118. The predicted molar refractivity (Wildman–Crippen MR) is 87.4 cm³/mol. The first kappa shape index (κ1) is 14.1. The SMILES string of the molecule is O=C(NCc1ccc2c(c1)B(O)OC2)c1cccn2cccc12. The van der Waals surface area contributed by atoms with Gasteiger partial charge in [0.15, 0.2) is 0 Å². The highest BCUT2D eigenvalue weighted by atomic mass is 16.5. The van der Waals surface area contributed by atoms with Crippen LogP contribution in [-0.2, 0) is 17.8 Å². The summed E-state index contributed by atoms with van der Waals surface area (Å²) in [4.78, 5) is 12.4. The second kappa shape index (κ2) is 5.57. The summed E-state index contributed by atoms with van der Waals surface area (Å²) >= 11 is 0. The quantitative estimate of drug-likeness (QED) is 0.712. The van der Waals surface area contributed by atoms with Gasteiger partial charge in [-0.1, -0.05) is 18.2 Å². The summed E-state index contributed by atoms with van der Waals surface area (Å²) in [6.07, 6.45) is 3.82. The smallest absolute Gasteiger partial charge is 0.423 e. The molecule has 0 fully saturated rings. The van der Waals surface area contributed by atoms with E-state index in [0.717, 1.165) is 22.1 Å². The molecular formula is C17H15BN2O3. The van der Waals surface area contributed by atoms with Gasteiger partial charge in [-0.2, -0.15) is 0 Å². The summed E-state index contributed by atoms with van der Waals surface area (Å²) in [7, 11) is -0.866. The Bertz CT molecular complexity index is 890. The van der Waals surface area contributed by atoms with Crippen LogP contribution in [0, 0.1) is 0 Å². The number of amides is 1. The molecule has 5 nitrogen and oxygen atoms in total. The lowest BCUT2D eigenvalue weighted by atomic mass is 9.79. The van der Waals surface area contributed by atoms with Crippen molar-refractivity contribution in [1.29, 1.82) is 0 Å². The maximum atomic E-state index is 12.4. The summed E-state index contributed by atoms with van der Waals surface area (Å²) in [5.74, 6) is -0.119. The number of carbonyl (C=O) groups is 1. The van der Waals surface area contributed by atoms with Crippen LogP contribution in [0.4, 0.5) is 0 Å². The van der Waals surface area contributed by atoms with Crippen LogP contribution in [0.3, 0.4) is 0 Å². The summed E-state index contributed by atoms with van der Waals surface area (Å²) in [5.41, 5.74) is 4.23. The highest BCUT2D eigenvalue weighted by molar-refractivity contribution is 6.61. The van der Waals surface area contributed by atoms with E-state index < -0.39 is 7.12 Å². The number of nitrogens with zero attached hydrogens (tertiary/aromatic N) is 1. The number of rotatable bonds is 3. The molecule has 114 valence electrons. The van der Waals surface area contributed by atoms with E-state index >= 15 is 0 Å². The van der Waals surface area contributed by atoms with Crippen LogP contribution in [0.5, 0.6) is 0 Å². The fourth-order valence-electron chi connectivity index (χ4n) is 2.91. The van der Waals surface area contributed by atoms with E-state index in [9.17, 15) is 9.82 Å². The van der Waals surface area contributed by atoms with E-state index in [0.29, 0.717) is 18.7 Å². The number of hydrogen-bond acceptors (Lipinski definition) is 3. The number of nitrogens with one attached hydrogen (secondary N) is 1. The van der Waals surface area contributed by atoms with Crippen LogP contribution in [0.15, 0.2) is 54.9 Å². The molecule has 0 saturated carbocycles. The molecule has 1 aliphatic rings. The molecule has 4 rings (SSSR count). The summed E-state index contributed by atoms with van der Waals surface area (Å²) < 4.78 is 7.09. The number of benzene rings is 1. The molecule has 2 aromatic heterocycles. The first-order chi connectivity index (χ1) is 11.2. The Labute approximate surface area is 133 Å². The first-order valence-electron chi connectivity index (χ1n) is 7.47. The van der Waals surface area contributed by atoms with Gasteiger partial charge in [-0.05, 0) is 40.9 Å². The lowest BCUT2D eigenvalue weighted by Crippen LogP contribution is -2.29. The maximum absolute atomic E-state index is 12.4. The molecule has 1 aromatic carbocycles. The van der Waals surface area contributed by atoms with Crippen LogP contribution >= 0.6 is 0 Å². The average Bonchev–Trinajstić information content (AvgIpc) is 3.19. The van der Waals surface area contributed by atoms with Gasteiger partial charge in [0.25, 0.3) is 5.91 Å². The van der Waals surface area contributed by atoms with Gasteiger partial charge >= 0.3 is 7.12 Å². The zero-order valence-corrected chi connectivity index (χ0v) is 12.4. The van der Waals surface area contributed by atoms with Crippen LogP contribution < -0.4 is 10.8 Å². The van der Waals surface area contributed by atoms with Gasteiger partial charge in [-0.25, -0.2) is 0 Å². The largest absolute Gasteiger partial charge is 0.491 e. The molecule has 6 heteroatoms. The third kappa shape index (κ3) is 2.52. The van der Waals surface area contributed by atoms with Crippen molar-refractivity contribution >= 4 is 24.0 Å².